The van der Waals surface area contributed by atoms with Crippen molar-refractivity contribution in [3.63, 3.8) is 0 Å². The lowest BCUT2D eigenvalue weighted by Crippen LogP contribution is -2.43. The van der Waals surface area contributed by atoms with Gasteiger partial charge in [0.15, 0.2) is 5.65 Å². The van der Waals surface area contributed by atoms with E-state index >= 15 is 0 Å². The van der Waals surface area contributed by atoms with E-state index in [1.165, 1.54) is 11.1 Å². The molecule has 2 N–H and O–H groups in total. The maximum atomic E-state index is 12.9. The molecule has 4 rings (SSSR count). The molecule has 0 radical (unpaired) electrons. The van der Waals surface area contributed by atoms with Gasteiger partial charge in [0, 0.05) is 18.3 Å². The average molecular weight is 335 g/mol. The van der Waals surface area contributed by atoms with Crippen molar-refractivity contribution >= 4 is 17.5 Å². The number of primary amides is 1. The normalized spacial score (nSPS) is 17.1. The van der Waals surface area contributed by atoms with Crippen molar-refractivity contribution in [2.45, 2.75) is 18.9 Å². The Balaban J connectivity index is 1.77. The van der Waals surface area contributed by atoms with Gasteiger partial charge in [0.1, 0.15) is 11.6 Å². The van der Waals surface area contributed by atoms with E-state index in [2.05, 4.69) is 10.1 Å². The Kier molecular flexibility index (Phi) is 3.68. The lowest BCUT2D eigenvalue weighted by atomic mass is 10.1. The van der Waals surface area contributed by atoms with Crippen LogP contribution in [0.4, 0.5) is 0 Å². The molecular formula is C18H17N5O2. The molecule has 1 aliphatic rings. The molecule has 0 bridgehead atoms. The van der Waals surface area contributed by atoms with Crippen LogP contribution >= 0.6 is 0 Å². The third-order valence-electron chi connectivity index (χ3n) is 4.54. The Hall–Kier alpha value is -3.22. The topological polar surface area (TPSA) is 93.6 Å². The van der Waals surface area contributed by atoms with Gasteiger partial charge < -0.3 is 10.6 Å². The molecule has 3 heterocycles. The highest BCUT2D eigenvalue weighted by Crippen LogP contribution is 2.24. The molecule has 1 fully saturated rings. The molecule has 0 unspecified atom stereocenters. The summed E-state index contributed by atoms with van der Waals surface area (Å²) in [4.78, 5) is 30.3. The zero-order valence-electron chi connectivity index (χ0n) is 13.5. The highest BCUT2D eigenvalue weighted by molar-refractivity contribution is 6.02. The highest BCUT2D eigenvalue weighted by atomic mass is 16.2. The molecule has 126 valence electrons. The Morgan fingerprint density at radius 2 is 1.96 bits per heavy atom. The molecule has 7 nitrogen and oxygen atoms in total. The summed E-state index contributed by atoms with van der Waals surface area (Å²) in [7, 11) is 0. The van der Waals surface area contributed by atoms with Crippen LogP contribution in [0.1, 0.15) is 23.2 Å². The fourth-order valence-corrected chi connectivity index (χ4v) is 3.33. The number of aromatic nitrogens is 3. The van der Waals surface area contributed by atoms with Crippen molar-refractivity contribution in [2.24, 2.45) is 5.73 Å². The lowest BCUT2D eigenvalue weighted by molar-refractivity contribution is -0.121. The maximum absolute atomic E-state index is 12.9. The molecule has 1 atom stereocenters. The second-order valence-electron chi connectivity index (χ2n) is 6.05. The van der Waals surface area contributed by atoms with Crippen LogP contribution < -0.4 is 5.73 Å². The largest absolute Gasteiger partial charge is 0.368 e. The molecule has 0 aliphatic carbocycles. The number of rotatable bonds is 3. The minimum atomic E-state index is -0.556. The number of carbonyl (C=O) groups is 2. The fourth-order valence-electron chi connectivity index (χ4n) is 3.33. The van der Waals surface area contributed by atoms with Crippen LogP contribution in [0.15, 0.2) is 48.8 Å². The minimum absolute atomic E-state index is 0.256. The van der Waals surface area contributed by atoms with Crippen LogP contribution in [0.3, 0.4) is 0 Å². The van der Waals surface area contributed by atoms with Gasteiger partial charge in [-0.05, 0) is 18.9 Å². The van der Waals surface area contributed by atoms with Crippen LogP contribution in [0.25, 0.3) is 16.9 Å². The predicted octanol–water partition coefficient (Wildman–Crippen LogP) is 1.49. The van der Waals surface area contributed by atoms with Crippen LogP contribution in [0.2, 0.25) is 0 Å². The quantitative estimate of drug-likeness (QED) is 0.784. The Labute approximate surface area is 144 Å². The SMILES string of the molecule is NC(=O)[C@H]1CCCN1C(=O)c1cnn2c(-c3ccccc3)ccnc12. The van der Waals surface area contributed by atoms with Gasteiger partial charge in [-0.1, -0.05) is 30.3 Å². The van der Waals surface area contributed by atoms with Crippen molar-refractivity contribution in [3.8, 4) is 11.3 Å². The number of nitrogens with zero attached hydrogens (tertiary/aromatic N) is 4. The van der Waals surface area contributed by atoms with Crippen LogP contribution in [0.5, 0.6) is 0 Å². The smallest absolute Gasteiger partial charge is 0.260 e. The minimum Gasteiger partial charge on any atom is -0.368 e. The van der Waals surface area contributed by atoms with Crippen LogP contribution in [-0.2, 0) is 4.79 Å². The van der Waals surface area contributed by atoms with Gasteiger partial charge in [-0.15, -0.1) is 0 Å². The Morgan fingerprint density at radius 1 is 1.16 bits per heavy atom. The standard InChI is InChI=1S/C18H17N5O2/c19-16(24)15-7-4-10-22(15)18(25)13-11-21-23-14(8-9-20-17(13)23)12-5-2-1-3-6-12/h1-3,5-6,8-9,11,15H,4,7,10H2,(H2,19,24)/t15-/m1/s1. The number of amides is 2. The van der Waals surface area contributed by atoms with E-state index < -0.39 is 11.9 Å². The van der Waals surface area contributed by atoms with E-state index in [1.54, 1.807) is 10.7 Å². The number of hydrogen-bond donors (Lipinski definition) is 1. The molecular weight excluding hydrogens is 318 g/mol. The summed E-state index contributed by atoms with van der Waals surface area (Å²) in [6.45, 7) is 0.516. The van der Waals surface area contributed by atoms with Crippen molar-refractivity contribution in [1.29, 1.82) is 0 Å². The molecule has 3 aromatic rings. The number of nitrogens with two attached hydrogens (primary N) is 1. The third-order valence-corrected chi connectivity index (χ3v) is 4.54. The molecule has 2 aromatic heterocycles. The van der Waals surface area contributed by atoms with Gasteiger partial charge in [-0.25, -0.2) is 9.50 Å². The summed E-state index contributed by atoms with van der Waals surface area (Å²) >= 11 is 0. The number of benzene rings is 1. The summed E-state index contributed by atoms with van der Waals surface area (Å²) in [6.07, 6.45) is 4.53. The first-order chi connectivity index (χ1) is 12.2. The van der Waals surface area contributed by atoms with Crippen molar-refractivity contribution in [2.75, 3.05) is 6.54 Å². The molecule has 0 saturated carbocycles. The number of carbonyl (C=O) groups excluding carboxylic acids is 2. The summed E-state index contributed by atoms with van der Waals surface area (Å²) in [5.74, 6) is -0.728. The van der Waals surface area contributed by atoms with E-state index in [4.69, 9.17) is 5.73 Å². The van der Waals surface area contributed by atoms with Gasteiger partial charge in [0.25, 0.3) is 5.91 Å². The average Bonchev–Trinajstić information content (AvgIpc) is 3.29. The fraction of sp³-hybridized carbons (Fsp3) is 0.222. The van der Waals surface area contributed by atoms with E-state index in [1.807, 2.05) is 36.4 Å². The lowest BCUT2D eigenvalue weighted by Gasteiger charge is -2.21. The molecule has 1 aliphatic heterocycles. The number of hydrogen-bond acceptors (Lipinski definition) is 4. The maximum Gasteiger partial charge on any atom is 0.260 e. The second-order valence-corrected chi connectivity index (χ2v) is 6.05. The second kappa shape index (κ2) is 6.01. The van der Waals surface area contributed by atoms with Crippen LogP contribution in [-0.4, -0.2) is 43.9 Å². The zero-order valence-corrected chi connectivity index (χ0v) is 13.5. The van der Waals surface area contributed by atoms with E-state index in [0.717, 1.165) is 17.7 Å². The van der Waals surface area contributed by atoms with Gasteiger partial charge in [-0.2, -0.15) is 5.10 Å². The van der Waals surface area contributed by atoms with Gasteiger partial charge in [-0.3, -0.25) is 9.59 Å². The summed E-state index contributed by atoms with van der Waals surface area (Å²) in [6, 6.07) is 11.1. The molecule has 2 amide bonds. The van der Waals surface area contributed by atoms with Gasteiger partial charge >= 0.3 is 0 Å². The summed E-state index contributed by atoms with van der Waals surface area (Å²) in [5, 5.41) is 4.35. The first kappa shape index (κ1) is 15.3. The van der Waals surface area contributed by atoms with Crippen molar-refractivity contribution < 1.29 is 9.59 Å². The van der Waals surface area contributed by atoms with Crippen molar-refractivity contribution in [1.82, 2.24) is 19.5 Å². The molecule has 1 saturated heterocycles. The van der Waals surface area contributed by atoms with Gasteiger partial charge in [0.2, 0.25) is 5.91 Å². The van der Waals surface area contributed by atoms with Gasteiger partial charge in [0.05, 0.1) is 11.9 Å². The molecule has 7 heteroatoms. The highest BCUT2D eigenvalue weighted by Gasteiger charge is 2.34. The van der Waals surface area contributed by atoms with Crippen molar-refractivity contribution in [3.05, 3.63) is 54.4 Å². The molecule has 0 spiro atoms. The summed E-state index contributed by atoms with van der Waals surface area (Å²) < 4.78 is 1.65. The zero-order chi connectivity index (χ0) is 17.4. The number of fused-ring (bicyclic) bond motifs is 1. The third kappa shape index (κ3) is 2.53. The monoisotopic (exact) mass is 335 g/mol. The van der Waals surface area contributed by atoms with E-state index in [0.29, 0.717) is 24.2 Å². The predicted molar refractivity (Wildman–Crippen MR) is 91.7 cm³/mol. The van der Waals surface area contributed by atoms with Crippen LogP contribution in [0, 0.1) is 0 Å². The number of likely N-dealkylation sites (tertiary alicyclic amines) is 1. The Morgan fingerprint density at radius 3 is 2.72 bits per heavy atom. The molecule has 25 heavy (non-hydrogen) atoms. The first-order valence-corrected chi connectivity index (χ1v) is 8.15. The first-order valence-electron chi connectivity index (χ1n) is 8.15. The Bertz CT molecular complexity index is 951. The summed E-state index contributed by atoms with van der Waals surface area (Å²) in [5.41, 5.74) is 8.10. The van der Waals surface area contributed by atoms with E-state index in [-0.39, 0.29) is 5.91 Å². The molecule has 1 aromatic carbocycles. The van der Waals surface area contributed by atoms with E-state index in [9.17, 15) is 9.59 Å².